The van der Waals surface area contributed by atoms with Crippen LogP contribution in [-0.2, 0) is 16.0 Å². The van der Waals surface area contributed by atoms with Crippen molar-refractivity contribution in [1.82, 2.24) is 0 Å². The molecule has 4 nitrogen and oxygen atoms in total. The minimum Gasteiger partial charge on any atom is -0.486 e. The number of benzene rings is 1. The third kappa shape index (κ3) is 2.96. The van der Waals surface area contributed by atoms with Crippen LogP contribution < -0.4 is 4.74 Å². The van der Waals surface area contributed by atoms with Crippen molar-refractivity contribution in [1.29, 1.82) is 0 Å². The number of carbonyl (C=O) groups is 2. The van der Waals surface area contributed by atoms with Gasteiger partial charge in [0.05, 0.1) is 0 Å². The summed E-state index contributed by atoms with van der Waals surface area (Å²) >= 11 is 0. The molecule has 0 aromatic heterocycles. The summed E-state index contributed by atoms with van der Waals surface area (Å²) in [5, 5.41) is 0. The van der Waals surface area contributed by atoms with Crippen LogP contribution in [0.25, 0.3) is 0 Å². The number of rotatable bonds is 5. The lowest BCUT2D eigenvalue weighted by molar-refractivity contribution is -0.124. The van der Waals surface area contributed by atoms with Crippen molar-refractivity contribution in [2.24, 2.45) is 0 Å². The molecule has 0 saturated carbocycles. The molecule has 96 valence electrons. The summed E-state index contributed by atoms with van der Waals surface area (Å²) in [7, 11) is 1.47. The molecule has 0 saturated heterocycles. The van der Waals surface area contributed by atoms with Gasteiger partial charge in [0, 0.05) is 19.1 Å². The second kappa shape index (κ2) is 5.78. The quantitative estimate of drug-likeness (QED) is 0.797. The highest BCUT2D eigenvalue weighted by atomic mass is 16.5. The van der Waals surface area contributed by atoms with Gasteiger partial charge in [-0.25, -0.2) is 0 Å². The van der Waals surface area contributed by atoms with E-state index in [2.05, 4.69) is 0 Å². The molecule has 1 aromatic rings. The van der Waals surface area contributed by atoms with Crippen molar-refractivity contribution in [2.75, 3.05) is 20.3 Å². The van der Waals surface area contributed by atoms with Crippen molar-refractivity contribution in [3.8, 4) is 5.75 Å². The van der Waals surface area contributed by atoms with E-state index in [-0.39, 0.29) is 24.8 Å². The van der Waals surface area contributed by atoms with E-state index in [1.54, 1.807) is 12.1 Å². The van der Waals surface area contributed by atoms with Gasteiger partial charge in [0.25, 0.3) is 0 Å². The average molecular weight is 248 g/mol. The summed E-state index contributed by atoms with van der Waals surface area (Å²) in [6.45, 7) is 0.0595. The summed E-state index contributed by atoms with van der Waals surface area (Å²) in [4.78, 5) is 22.9. The minimum atomic E-state index is -0.105. The summed E-state index contributed by atoms with van der Waals surface area (Å²) in [6, 6.07) is 5.38. The summed E-state index contributed by atoms with van der Waals surface area (Å²) in [5.41, 5.74) is 1.81. The largest absolute Gasteiger partial charge is 0.486 e. The van der Waals surface area contributed by atoms with Crippen molar-refractivity contribution in [3.05, 3.63) is 29.3 Å². The Hall–Kier alpha value is -1.68. The molecule has 0 atom stereocenters. The van der Waals surface area contributed by atoms with Gasteiger partial charge in [0.2, 0.25) is 0 Å². The SMILES string of the molecule is COCC(=O)COc1ccc2c(c1)CCCC2=O. The highest BCUT2D eigenvalue weighted by molar-refractivity contribution is 5.98. The molecule has 1 aliphatic carbocycles. The predicted octanol–water partition coefficient (Wildman–Crippen LogP) is 1.80. The molecule has 0 fully saturated rings. The first-order chi connectivity index (χ1) is 8.70. The smallest absolute Gasteiger partial charge is 0.195 e. The number of hydrogen-bond acceptors (Lipinski definition) is 4. The number of Topliss-reactive ketones (excluding diaryl/α,β-unsaturated/α-hetero) is 2. The van der Waals surface area contributed by atoms with Crippen LogP contribution in [0, 0.1) is 0 Å². The van der Waals surface area contributed by atoms with E-state index in [0.717, 1.165) is 24.0 Å². The molecule has 0 bridgehead atoms. The van der Waals surface area contributed by atoms with Gasteiger partial charge >= 0.3 is 0 Å². The molecule has 18 heavy (non-hydrogen) atoms. The fraction of sp³-hybridized carbons (Fsp3) is 0.429. The molecule has 2 rings (SSSR count). The normalized spacial score (nSPS) is 14.2. The zero-order chi connectivity index (χ0) is 13.0. The third-order valence-electron chi connectivity index (χ3n) is 2.93. The molecule has 0 amide bonds. The average Bonchev–Trinajstić information content (AvgIpc) is 2.37. The van der Waals surface area contributed by atoms with E-state index in [1.165, 1.54) is 7.11 Å². The van der Waals surface area contributed by atoms with Crippen LogP contribution in [-0.4, -0.2) is 31.9 Å². The first-order valence-corrected chi connectivity index (χ1v) is 6.00. The molecule has 0 unspecified atom stereocenters. The van der Waals surface area contributed by atoms with Crippen molar-refractivity contribution in [2.45, 2.75) is 19.3 Å². The highest BCUT2D eigenvalue weighted by Crippen LogP contribution is 2.25. The molecule has 1 aliphatic rings. The van der Waals surface area contributed by atoms with Crippen molar-refractivity contribution in [3.63, 3.8) is 0 Å². The lowest BCUT2D eigenvalue weighted by Crippen LogP contribution is -2.17. The van der Waals surface area contributed by atoms with Gasteiger partial charge in [-0.3, -0.25) is 9.59 Å². The van der Waals surface area contributed by atoms with Gasteiger partial charge in [-0.2, -0.15) is 0 Å². The molecule has 4 heteroatoms. The first kappa shape index (κ1) is 12.8. The Kier molecular flexibility index (Phi) is 4.10. The number of hydrogen-bond donors (Lipinski definition) is 0. The molecule has 0 spiro atoms. The van der Waals surface area contributed by atoms with Crippen LogP contribution in [0.4, 0.5) is 0 Å². The number of carbonyl (C=O) groups excluding carboxylic acids is 2. The zero-order valence-corrected chi connectivity index (χ0v) is 10.4. The van der Waals surface area contributed by atoms with E-state index in [1.807, 2.05) is 6.07 Å². The van der Waals surface area contributed by atoms with Crippen LogP contribution in [0.5, 0.6) is 5.75 Å². The number of ketones is 2. The number of aryl methyl sites for hydroxylation is 1. The number of methoxy groups -OCH3 is 1. The van der Waals surface area contributed by atoms with Crippen LogP contribution in [0.15, 0.2) is 18.2 Å². The zero-order valence-electron chi connectivity index (χ0n) is 10.4. The van der Waals surface area contributed by atoms with Gasteiger partial charge in [-0.1, -0.05) is 0 Å². The van der Waals surface area contributed by atoms with Gasteiger partial charge in [-0.05, 0) is 36.6 Å². The maximum absolute atomic E-state index is 11.6. The first-order valence-electron chi connectivity index (χ1n) is 6.00. The van der Waals surface area contributed by atoms with Crippen molar-refractivity contribution >= 4 is 11.6 Å². The van der Waals surface area contributed by atoms with E-state index >= 15 is 0 Å². The topological polar surface area (TPSA) is 52.6 Å². The Balaban J connectivity index is 2.03. The van der Waals surface area contributed by atoms with E-state index < -0.39 is 0 Å². The fourth-order valence-corrected chi connectivity index (χ4v) is 2.08. The highest BCUT2D eigenvalue weighted by Gasteiger charge is 2.17. The molecule has 0 aliphatic heterocycles. The molecule has 0 radical (unpaired) electrons. The number of fused-ring (bicyclic) bond motifs is 1. The predicted molar refractivity (Wildman–Crippen MR) is 66.1 cm³/mol. The molecule has 1 aromatic carbocycles. The Morgan fingerprint density at radius 2 is 2.11 bits per heavy atom. The summed E-state index contributed by atoms with van der Waals surface area (Å²) < 4.78 is 10.1. The van der Waals surface area contributed by atoms with Gasteiger partial charge in [-0.15, -0.1) is 0 Å². The lowest BCUT2D eigenvalue weighted by atomic mass is 9.90. The van der Waals surface area contributed by atoms with Crippen LogP contribution in [0.1, 0.15) is 28.8 Å². The molecular formula is C14H16O4. The van der Waals surface area contributed by atoms with Crippen molar-refractivity contribution < 1.29 is 19.1 Å². The van der Waals surface area contributed by atoms with Crippen LogP contribution in [0.2, 0.25) is 0 Å². The second-order valence-electron chi connectivity index (χ2n) is 4.36. The third-order valence-corrected chi connectivity index (χ3v) is 2.93. The number of ether oxygens (including phenoxy) is 2. The Morgan fingerprint density at radius 3 is 2.89 bits per heavy atom. The monoisotopic (exact) mass is 248 g/mol. The Labute approximate surface area is 106 Å². The maximum Gasteiger partial charge on any atom is 0.195 e. The van der Waals surface area contributed by atoms with E-state index in [4.69, 9.17) is 9.47 Å². The lowest BCUT2D eigenvalue weighted by Gasteiger charge is -2.15. The fourth-order valence-electron chi connectivity index (χ4n) is 2.08. The molecular weight excluding hydrogens is 232 g/mol. The van der Waals surface area contributed by atoms with Crippen LogP contribution >= 0.6 is 0 Å². The van der Waals surface area contributed by atoms with E-state index in [0.29, 0.717) is 12.2 Å². The summed E-state index contributed by atoms with van der Waals surface area (Å²) in [6.07, 6.45) is 2.40. The molecule has 0 heterocycles. The standard InChI is InChI=1S/C14H16O4/c1-17-8-11(15)9-18-12-5-6-13-10(7-12)3-2-4-14(13)16/h5-7H,2-4,8-9H2,1H3. The molecule has 0 N–H and O–H groups in total. The maximum atomic E-state index is 11.6. The second-order valence-corrected chi connectivity index (χ2v) is 4.36. The van der Waals surface area contributed by atoms with Gasteiger partial charge < -0.3 is 9.47 Å². The van der Waals surface area contributed by atoms with Gasteiger partial charge in [0.1, 0.15) is 19.0 Å². The minimum absolute atomic E-state index is 0.000569. The van der Waals surface area contributed by atoms with E-state index in [9.17, 15) is 9.59 Å². The Bertz CT molecular complexity index is 465. The Morgan fingerprint density at radius 1 is 1.28 bits per heavy atom. The van der Waals surface area contributed by atoms with Gasteiger partial charge in [0.15, 0.2) is 11.6 Å². The summed E-state index contributed by atoms with van der Waals surface area (Å²) in [5.74, 6) is 0.720. The van der Waals surface area contributed by atoms with Crippen LogP contribution in [0.3, 0.4) is 0 Å².